The van der Waals surface area contributed by atoms with Crippen LogP contribution in [0, 0.1) is 6.92 Å². The fraction of sp³-hybridized carbons (Fsp3) is 0.200. The Kier molecular flexibility index (Phi) is 4.72. The number of nitrogens with zero attached hydrogens (tertiary/aromatic N) is 2. The number of hydrogen-bond donors (Lipinski definition) is 3. The van der Waals surface area contributed by atoms with Crippen molar-refractivity contribution in [2.75, 3.05) is 0 Å². The second-order valence-electron chi connectivity index (χ2n) is 3.70. The summed E-state index contributed by atoms with van der Waals surface area (Å²) in [6, 6.07) is 0.717. The van der Waals surface area contributed by atoms with Gasteiger partial charge in [-0.15, -0.1) is 0 Å². The predicted octanol–water partition coefficient (Wildman–Crippen LogP) is 2.54. The van der Waals surface area contributed by atoms with Crippen LogP contribution in [0.15, 0.2) is 16.1 Å². The minimum absolute atomic E-state index is 0.175. The molecule has 0 heterocycles. The molecule has 20 heavy (non-hydrogen) atoms. The van der Waals surface area contributed by atoms with E-state index in [2.05, 4.69) is 9.98 Å². The van der Waals surface area contributed by atoms with Gasteiger partial charge in [-0.2, -0.15) is 18.2 Å². The zero-order valence-corrected chi connectivity index (χ0v) is 11.6. The van der Waals surface area contributed by atoms with Crippen LogP contribution in [0.5, 0.6) is 0 Å². The van der Waals surface area contributed by atoms with Gasteiger partial charge in [-0.25, -0.2) is 4.99 Å². The maximum absolute atomic E-state index is 12.8. The van der Waals surface area contributed by atoms with Gasteiger partial charge in [0.2, 0.25) is 5.96 Å². The van der Waals surface area contributed by atoms with Crippen LogP contribution in [0.25, 0.3) is 0 Å². The smallest absolute Gasteiger partial charge is 0.370 e. The summed E-state index contributed by atoms with van der Waals surface area (Å²) in [5, 5.41) is -0.480. The zero-order chi connectivity index (χ0) is 15.7. The Labute approximate surface area is 122 Å². The Balaban J connectivity index is 3.55. The molecule has 1 aromatic rings. The van der Waals surface area contributed by atoms with E-state index in [4.69, 9.17) is 40.4 Å². The topological polar surface area (TPSA) is 103 Å². The summed E-state index contributed by atoms with van der Waals surface area (Å²) in [4.78, 5) is 7.06. The van der Waals surface area contributed by atoms with Gasteiger partial charge >= 0.3 is 6.18 Å². The van der Waals surface area contributed by atoms with E-state index >= 15 is 0 Å². The van der Waals surface area contributed by atoms with Gasteiger partial charge in [0, 0.05) is 0 Å². The highest BCUT2D eigenvalue weighted by atomic mass is 35.5. The van der Waals surface area contributed by atoms with E-state index in [0.29, 0.717) is 0 Å². The number of aliphatic imine (C=N–C) groups is 2. The molecule has 1 aromatic carbocycles. The van der Waals surface area contributed by atoms with Gasteiger partial charge in [-0.3, -0.25) is 0 Å². The second kappa shape index (κ2) is 5.76. The first-order valence-electron chi connectivity index (χ1n) is 5.03. The molecule has 0 aliphatic heterocycles. The summed E-state index contributed by atoms with van der Waals surface area (Å²) < 4.78 is 38.5. The number of alkyl halides is 3. The van der Waals surface area contributed by atoms with Crippen LogP contribution in [-0.2, 0) is 6.18 Å². The predicted molar refractivity (Wildman–Crippen MR) is 73.3 cm³/mol. The average Bonchev–Trinajstić information content (AvgIpc) is 2.26. The standard InChI is InChI=1S/C10H10Cl2F3N5/c1-3-4(10(13,14)15)2-5(11)6(12)7(3)19-9(18)20-8(16)17/h2H,1H3,(H6,16,17,18,19,20). The van der Waals surface area contributed by atoms with Crippen molar-refractivity contribution in [3.8, 4) is 0 Å². The first-order valence-corrected chi connectivity index (χ1v) is 5.79. The van der Waals surface area contributed by atoms with E-state index in [0.717, 1.165) is 6.07 Å². The maximum Gasteiger partial charge on any atom is 0.416 e. The largest absolute Gasteiger partial charge is 0.416 e. The van der Waals surface area contributed by atoms with Gasteiger partial charge in [-0.05, 0) is 18.6 Å². The lowest BCUT2D eigenvalue weighted by atomic mass is 10.1. The van der Waals surface area contributed by atoms with Crippen molar-refractivity contribution in [3.05, 3.63) is 27.2 Å². The Morgan fingerprint density at radius 1 is 1.20 bits per heavy atom. The van der Waals surface area contributed by atoms with Crippen LogP contribution < -0.4 is 17.2 Å². The fourth-order valence-electron chi connectivity index (χ4n) is 1.40. The minimum atomic E-state index is -4.60. The van der Waals surface area contributed by atoms with Crippen molar-refractivity contribution < 1.29 is 13.2 Å². The number of rotatable bonds is 1. The molecule has 110 valence electrons. The molecule has 0 unspecified atom stereocenters. The summed E-state index contributed by atoms with van der Waals surface area (Å²) in [7, 11) is 0. The molecule has 0 aliphatic rings. The quantitative estimate of drug-likeness (QED) is 0.545. The molecule has 6 N–H and O–H groups in total. The van der Waals surface area contributed by atoms with Crippen molar-refractivity contribution in [3.63, 3.8) is 0 Å². The third-order valence-corrected chi connectivity index (χ3v) is 3.00. The highest BCUT2D eigenvalue weighted by molar-refractivity contribution is 6.43. The fourth-order valence-corrected chi connectivity index (χ4v) is 1.84. The first kappa shape index (κ1) is 16.4. The molecule has 0 aliphatic carbocycles. The van der Waals surface area contributed by atoms with Crippen molar-refractivity contribution in [2.45, 2.75) is 13.1 Å². The number of benzene rings is 1. The van der Waals surface area contributed by atoms with E-state index in [1.807, 2.05) is 0 Å². The average molecular weight is 328 g/mol. The van der Waals surface area contributed by atoms with E-state index < -0.39 is 23.7 Å². The Bertz CT molecular complexity index is 592. The molecule has 5 nitrogen and oxygen atoms in total. The van der Waals surface area contributed by atoms with Crippen LogP contribution >= 0.6 is 23.2 Å². The molecular formula is C10H10Cl2F3N5. The van der Waals surface area contributed by atoms with Gasteiger partial charge in [0.05, 0.1) is 21.3 Å². The van der Waals surface area contributed by atoms with Crippen molar-refractivity contribution >= 4 is 40.8 Å². The zero-order valence-electron chi connectivity index (χ0n) is 10.1. The van der Waals surface area contributed by atoms with Gasteiger partial charge in [0.1, 0.15) is 0 Å². The van der Waals surface area contributed by atoms with Crippen LogP contribution in [0.2, 0.25) is 10.0 Å². The summed E-state index contributed by atoms with van der Waals surface area (Å²) in [6.45, 7) is 1.19. The summed E-state index contributed by atoms with van der Waals surface area (Å²) in [6.07, 6.45) is -4.60. The molecule has 0 saturated carbocycles. The van der Waals surface area contributed by atoms with E-state index in [1.54, 1.807) is 0 Å². The van der Waals surface area contributed by atoms with Crippen molar-refractivity contribution in [1.29, 1.82) is 0 Å². The maximum atomic E-state index is 12.8. The van der Waals surface area contributed by atoms with Gasteiger partial charge < -0.3 is 17.2 Å². The van der Waals surface area contributed by atoms with Gasteiger partial charge in [0.15, 0.2) is 5.96 Å². The Morgan fingerprint density at radius 2 is 1.75 bits per heavy atom. The molecule has 0 fully saturated rings. The summed E-state index contributed by atoms with van der Waals surface area (Å²) in [5.74, 6) is -0.830. The Hall–Kier alpha value is -1.67. The first-order chi connectivity index (χ1) is 9.04. The third-order valence-electron chi connectivity index (χ3n) is 2.22. The third kappa shape index (κ3) is 3.67. The number of guanidine groups is 2. The van der Waals surface area contributed by atoms with Crippen LogP contribution in [0.3, 0.4) is 0 Å². The highest BCUT2D eigenvalue weighted by Gasteiger charge is 2.34. The molecule has 0 amide bonds. The number of nitrogens with two attached hydrogens (primary N) is 3. The summed E-state index contributed by atoms with van der Waals surface area (Å²) >= 11 is 11.5. The second-order valence-corrected chi connectivity index (χ2v) is 4.48. The summed E-state index contributed by atoms with van der Waals surface area (Å²) in [5.41, 5.74) is 14.1. The molecule has 10 heteroatoms. The number of hydrogen-bond acceptors (Lipinski definition) is 1. The molecular weight excluding hydrogens is 318 g/mol. The molecule has 0 aromatic heterocycles. The highest BCUT2D eigenvalue weighted by Crippen LogP contribution is 2.43. The lowest BCUT2D eigenvalue weighted by Crippen LogP contribution is -2.26. The lowest BCUT2D eigenvalue weighted by molar-refractivity contribution is -0.138. The molecule has 0 saturated heterocycles. The van der Waals surface area contributed by atoms with Crippen molar-refractivity contribution in [1.82, 2.24) is 0 Å². The molecule has 1 rings (SSSR count). The monoisotopic (exact) mass is 327 g/mol. The van der Waals surface area contributed by atoms with E-state index in [-0.39, 0.29) is 21.3 Å². The SMILES string of the molecule is Cc1c(C(F)(F)F)cc(Cl)c(Cl)c1N=C(N)N=C(N)N. The lowest BCUT2D eigenvalue weighted by Gasteiger charge is -2.14. The van der Waals surface area contributed by atoms with Crippen molar-refractivity contribution in [2.24, 2.45) is 27.2 Å². The molecule has 0 radical (unpaired) electrons. The van der Waals surface area contributed by atoms with E-state index in [9.17, 15) is 13.2 Å². The van der Waals surface area contributed by atoms with Gasteiger partial charge in [0.25, 0.3) is 0 Å². The van der Waals surface area contributed by atoms with E-state index in [1.165, 1.54) is 6.92 Å². The normalized spacial score (nSPS) is 12.4. The van der Waals surface area contributed by atoms with Crippen LogP contribution in [-0.4, -0.2) is 11.9 Å². The minimum Gasteiger partial charge on any atom is -0.370 e. The van der Waals surface area contributed by atoms with Crippen LogP contribution in [0.1, 0.15) is 11.1 Å². The van der Waals surface area contributed by atoms with Crippen LogP contribution in [0.4, 0.5) is 18.9 Å². The molecule has 0 bridgehead atoms. The molecule has 0 atom stereocenters. The number of halogens is 5. The molecule has 0 spiro atoms. The Morgan fingerprint density at radius 3 is 2.20 bits per heavy atom. The van der Waals surface area contributed by atoms with Gasteiger partial charge in [-0.1, -0.05) is 23.2 Å².